The Hall–Kier alpha value is -2.19. The Kier molecular flexibility index (Phi) is 6.05. The predicted molar refractivity (Wildman–Crippen MR) is 106 cm³/mol. The molecule has 0 bridgehead atoms. The van der Waals surface area contributed by atoms with Crippen molar-refractivity contribution in [1.82, 2.24) is 20.0 Å². The van der Waals surface area contributed by atoms with Crippen LogP contribution in [-0.4, -0.2) is 31.6 Å². The minimum absolute atomic E-state index is 0.0446. The van der Waals surface area contributed by atoms with Gasteiger partial charge in [-0.15, -0.1) is 10.2 Å². The minimum atomic E-state index is -0.0446. The lowest BCUT2D eigenvalue weighted by molar-refractivity contribution is -0.116. The second-order valence-electron chi connectivity index (χ2n) is 5.86. The first-order valence-electron chi connectivity index (χ1n) is 8.44. The molecule has 136 valence electrons. The number of aromatic nitrogens is 4. The van der Waals surface area contributed by atoms with Gasteiger partial charge in [-0.3, -0.25) is 4.79 Å². The van der Waals surface area contributed by atoms with Crippen molar-refractivity contribution in [3.8, 4) is 5.69 Å². The van der Waals surface area contributed by atoms with E-state index in [0.717, 1.165) is 32.7 Å². The van der Waals surface area contributed by atoms with E-state index in [-0.39, 0.29) is 5.91 Å². The Balaban J connectivity index is 1.54. The zero-order valence-corrected chi connectivity index (χ0v) is 16.7. The number of benzene rings is 1. The fourth-order valence-corrected chi connectivity index (χ4v) is 4.24. The molecule has 6 nitrogen and oxygen atoms in total. The molecule has 2 heterocycles. The van der Waals surface area contributed by atoms with Gasteiger partial charge in [-0.25, -0.2) is 4.68 Å². The molecule has 8 heteroatoms. The zero-order chi connectivity index (χ0) is 18.5. The summed E-state index contributed by atoms with van der Waals surface area (Å²) in [5, 5.41) is 15.9. The highest BCUT2D eigenvalue weighted by molar-refractivity contribution is 8.01. The Morgan fingerprint density at radius 2 is 2.00 bits per heavy atom. The molecule has 1 aromatic carbocycles. The fourth-order valence-electron chi connectivity index (χ4n) is 2.58. The van der Waals surface area contributed by atoms with Crippen molar-refractivity contribution >= 4 is 34.1 Å². The number of nitrogens with zero attached hydrogens (tertiary/aromatic N) is 4. The van der Waals surface area contributed by atoms with Crippen molar-refractivity contribution in [3.05, 3.63) is 47.3 Å². The number of thioether (sulfide) groups is 1. The van der Waals surface area contributed by atoms with Crippen LogP contribution in [0.15, 0.2) is 34.7 Å². The first kappa shape index (κ1) is 18.6. The lowest BCUT2D eigenvalue weighted by Gasteiger charge is -2.06. The van der Waals surface area contributed by atoms with E-state index in [9.17, 15) is 4.79 Å². The highest BCUT2D eigenvalue weighted by Gasteiger charge is 2.09. The third kappa shape index (κ3) is 4.70. The Morgan fingerprint density at radius 3 is 2.65 bits per heavy atom. The van der Waals surface area contributed by atoms with Gasteiger partial charge in [-0.1, -0.05) is 42.2 Å². The number of hydrogen-bond acceptors (Lipinski definition) is 6. The number of nitrogens with one attached hydrogen (secondary N) is 1. The van der Waals surface area contributed by atoms with Crippen LogP contribution in [-0.2, 0) is 11.2 Å². The highest BCUT2D eigenvalue weighted by Crippen LogP contribution is 2.25. The van der Waals surface area contributed by atoms with E-state index in [1.807, 2.05) is 42.8 Å². The van der Waals surface area contributed by atoms with Gasteiger partial charge in [-0.05, 0) is 49.8 Å². The summed E-state index contributed by atoms with van der Waals surface area (Å²) < 4.78 is 2.80. The molecule has 0 fully saturated rings. The van der Waals surface area contributed by atoms with Gasteiger partial charge < -0.3 is 5.32 Å². The maximum atomic E-state index is 12.1. The molecule has 0 saturated heterocycles. The molecule has 3 rings (SSSR count). The molecular weight excluding hydrogens is 366 g/mol. The number of carbonyl (C=O) groups is 1. The van der Waals surface area contributed by atoms with E-state index in [4.69, 9.17) is 0 Å². The summed E-state index contributed by atoms with van der Waals surface area (Å²) in [6.45, 7) is 6.08. The quantitative estimate of drug-likeness (QED) is 0.490. The fraction of sp³-hybridized carbons (Fsp3) is 0.333. The van der Waals surface area contributed by atoms with Crippen LogP contribution in [0.25, 0.3) is 5.69 Å². The lowest BCUT2D eigenvalue weighted by Crippen LogP contribution is -2.12. The van der Waals surface area contributed by atoms with E-state index >= 15 is 0 Å². The molecule has 0 aliphatic heterocycles. The Labute approximate surface area is 161 Å². The van der Waals surface area contributed by atoms with Crippen LogP contribution in [0, 0.1) is 13.8 Å². The molecule has 1 amide bonds. The Morgan fingerprint density at radius 1 is 1.23 bits per heavy atom. The molecule has 0 spiro atoms. The standard InChI is InChI=1S/C18H21N5OS2/c1-4-25-18-21-20-17(26-18)19-16(24)10-7-14-5-8-15(9-6-14)23-13(3)11-12(2)22-23/h5-6,8-9,11H,4,7,10H2,1-3H3,(H,19,20,24). The summed E-state index contributed by atoms with van der Waals surface area (Å²) in [4.78, 5) is 12.1. The second kappa shape index (κ2) is 8.46. The van der Waals surface area contributed by atoms with Crippen molar-refractivity contribution in [3.63, 3.8) is 0 Å². The molecule has 0 atom stereocenters. The van der Waals surface area contributed by atoms with Crippen LogP contribution in [0.5, 0.6) is 0 Å². The first-order valence-corrected chi connectivity index (χ1v) is 10.2. The number of rotatable bonds is 7. The Bertz CT molecular complexity index is 885. The molecule has 0 saturated carbocycles. The van der Waals surface area contributed by atoms with Gasteiger partial charge in [0.15, 0.2) is 4.34 Å². The van der Waals surface area contributed by atoms with E-state index in [0.29, 0.717) is 18.0 Å². The van der Waals surface area contributed by atoms with Crippen LogP contribution < -0.4 is 5.32 Å². The van der Waals surface area contributed by atoms with Gasteiger partial charge in [-0.2, -0.15) is 5.10 Å². The number of anilines is 1. The van der Waals surface area contributed by atoms with Crippen molar-refractivity contribution in [1.29, 1.82) is 0 Å². The van der Waals surface area contributed by atoms with Crippen LogP contribution in [0.2, 0.25) is 0 Å². The average Bonchev–Trinajstić information content (AvgIpc) is 3.19. The number of aryl methyl sites for hydroxylation is 3. The van der Waals surface area contributed by atoms with Gasteiger partial charge in [0.1, 0.15) is 0 Å². The first-order chi connectivity index (χ1) is 12.5. The third-order valence-corrected chi connectivity index (χ3v) is 5.61. The van der Waals surface area contributed by atoms with Gasteiger partial charge in [0, 0.05) is 12.1 Å². The SMILES string of the molecule is CCSc1nnc(NC(=O)CCc2ccc(-n3nc(C)cc3C)cc2)s1. The topological polar surface area (TPSA) is 72.7 Å². The van der Waals surface area contributed by atoms with E-state index in [1.165, 1.54) is 11.3 Å². The van der Waals surface area contributed by atoms with E-state index in [1.54, 1.807) is 11.8 Å². The third-order valence-electron chi connectivity index (χ3n) is 3.75. The molecule has 2 aromatic heterocycles. The normalized spacial score (nSPS) is 10.9. The molecule has 0 unspecified atom stereocenters. The summed E-state index contributed by atoms with van der Waals surface area (Å²) in [5.74, 6) is 0.896. The minimum Gasteiger partial charge on any atom is -0.300 e. The molecular formula is C18H21N5OS2. The summed E-state index contributed by atoms with van der Waals surface area (Å²) in [6.07, 6.45) is 1.09. The van der Waals surface area contributed by atoms with Crippen LogP contribution in [0.3, 0.4) is 0 Å². The van der Waals surface area contributed by atoms with Gasteiger partial charge >= 0.3 is 0 Å². The smallest absolute Gasteiger partial charge is 0.226 e. The van der Waals surface area contributed by atoms with Crippen molar-refractivity contribution in [2.45, 2.75) is 38.0 Å². The average molecular weight is 388 g/mol. The molecule has 0 aliphatic carbocycles. The number of hydrogen-bond donors (Lipinski definition) is 1. The lowest BCUT2D eigenvalue weighted by atomic mass is 10.1. The largest absolute Gasteiger partial charge is 0.300 e. The van der Waals surface area contributed by atoms with Crippen LogP contribution >= 0.6 is 23.1 Å². The molecule has 0 aliphatic rings. The van der Waals surface area contributed by atoms with Crippen molar-refractivity contribution in [2.24, 2.45) is 0 Å². The zero-order valence-electron chi connectivity index (χ0n) is 15.0. The van der Waals surface area contributed by atoms with Crippen molar-refractivity contribution < 1.29 is 4.79 Å². The van der Waals surface area contributed by atoms with Gasteiger partial charge in [0.2, 0.25) is 11.0 Å². The summed E-state index contributed by atoms with van der Waals surface area (Å²) >= 11 is 3.03. The van der Waals surface area contributed by atoms with E-state index < -0.39 is 0 Å². The second-order valence-corrected chi connectivity index (χ2v) is 8.35. The summed E-state index contributed by atoms with van der Waals surface area (Å²) in [7, 11) is 0. The summed E-state index contributed by atoms with van der Waals surface area (Å²) in [6, 6.07) is 10.2. The number of carbonyl (C=O) groups excluding carboxylic acids is 1. The van der Waals surface area contributed by atoms with Gasteiger partial charge in [0.05, 0.1) is 11.4 Å². The molecule has 1 N–H and O–H groups in total. The predicted octanol–water partition coefficient (Wildman–Crippen LogP) is 4.02. The van der Waals surface area contributed by atoms with Crippen LogP contribution in [0.1, 0.15) is 30.3 Å². The van der Waals surface area contributed by atoms with Crippen molar-refractivity contribution in [2.75, 3.05) is 11.1 Å². The monoisotopic (exact) mass is 387 g/mol. The molecule has 26 heavy (non-hydrogen) atoms. The summed E-state index contributed by atoms with van der Waals surface area (Å²) in [5.41, 5.74) is 4.25. The maximum absolute atomic E-state index is 12.1. The van der Waals surface area contributed by atoms with Gasteiger partial charge in [0.25, 0.3) is 0 Å². The van der Waals surface area contributed by atoms with E-state index in [2.05, 4.69) is 33.6 Å². The molecule has 0 radical (unpaired) electrons. The highest BCUT2D eigenvalue weighted by atomic mass is 32.2. The molecule has 3 aromatic rings. The number of amides is 1. The van der Waals surface area contributed by atoms with Crippen LogP contribution in [0.4, 0.5) is 5.13 Å². The maximum Gasteiger partial charge on any atom is 0.226 e.